The van der Waals surface area contributed by atoms with Gasteiger partial charge in [-0.2, -0.15) is 0 Å². The van der Waals surface area contributed by atoms with Gasteiger partial charge in [0, 0.05) is 12.3 Å². The van der Waals surface area contributed by atoms with Crippen LogP contribution in [-0.2, 0) is 4.74 Å². The number of thiazole rings is 1. The van der Waals surface area contributed by atoms with Crippen molar-refractivity contribution in [1.82, 2.24) is 9.97 Å². The summed E-state index contributed by atoms with van der Waals surface area (Å²) >= 11 is 1.33. The highest BCUT2D eigenvalue weighted by molar-refractivity contribution is 7.13. The number of hydrogen-bond donors (Lipinski definition) is 0. The molecule has 0 amide bonds. The number of rotatable bonds is 2. The molecule has 0 saturated carbocycles. The van der Waals surface area contributed by atoms with Crippen molar-refractivity contribution in [3.63, 3.8) is 0 Å². The number of carbonyl (C=O) groups excluding carboxylic acids is 1. The second kappa shape index (κ2) is 3.82. The molecule has 0 bridgehead atoms. The SMILES string of the molecule is COC(=O)c1csc(-c2coc(C)n2)n1. The molecule has 0 atom stereocenters. The highest BCUT2D eigenvalue weighted by Crippen LogP contribution is 2.22. The van der Waals surface area contributed by atoms with Crippen LogP contribution >= 0.6 is 11.3 Å². The first-order valence-electron chi connectivity index (χ1n) is 4.17. The Bertz CT molecular complexity index is 489. The molecular formula is C9H8N2O3S. The Morgan fingerprint density at radius 2 is 2.33 bits per heavy atom. The van der Waals surface area contributed by atoms with E-state index in [2.05, 4.69) is 14.7 Å². The summed E-state index contributed by atoms with van der Waals surface area (Å²) in [5.41, 5.74) is 0.922. The smallest absolute Gasteiger partial charge is 0.357 e. The monoisotopic (exact) mass is 224 g/mol. The van der Waals surface area contributed by atoms with Gasteiger partial charge < -0.3 is 9.15 Å². The van der Waals surface area contributed by atoms with Crippen molar-refractivity contribution >= 4 is 17.3 Å². The number of carbonyl (C=O) groups is 1. The highest BCUT2D eigenvalue weighted by Gasteiger charge is 2.13. The second-order valence-corrected chi connectivity index (χ2v) is 3.64. The van der Waals surface area contributed by atoms with E-state index in [0.29, 0.717) is 16.6 Å². The van der Waals surface area contributed by atoms with E-state index in [1.807, 2.05) is 0 Å². The van der Waals surface area contributed by atoms with Gasteiger partial charge in [-0.1, -0.05) is 0 Å². The minimum Gasteiger partial charge on any atom is -0.464 e. The maximum atomic E-state index is 11.1. The van der Waals surface area contributed by atoms with Crippen LogP contribution in [0, 0.1) is 6.92 Å². The van der Waals surface area contributed by atoms with Gasteiger partial charge in [-0.3, -0.25) is 0 Å². The van der Waals surface area contributed by atoms with Crippen LogP contribution in [0.25, 0.3) is 10.7 Å². The average Bonchev–Trinajstić information content (AvgIpc) is 2.84. The van der Waals surface area contributed by atoms with Crippen LogP contribution in [0.4, 0.5) is 0 Å². The standard InChI is InChI=1S/C9H8N2O3S/c1-5-10-6(3-14-5)8-11-7(4-15-8)9(12)13-2/h3-4H,1-2H3. The molecule has 2 aromatic heterocycles. The van der Waals surface area contributed by atoms with Crippen LogP contribution < -0.4 is 0 Å². The molecule has 0 aliphatic rings. The largest absolute Gasteiger partial charge is 0.464 e. The lowest BCUT2D eigenvalue weighted by molar-refractivity contribution is 0.0595. The maximum absolute atomic E-state index is 11.1. The minimum atomic E-state index is -0.447. The van der Waals surface area contributed by atoms with Gasteiger partial charge in [0.15, 0.2) is 11.6 Å². The molecule has 0 fully saturated rings. The van der Waals surface area contributed by atoms with Crippen LogP contribution in [0.15, 0.2) is 16.1 Å². The van der Waals surface area contributed by atoms with Crippen molar-refractivity contribution in [2.45, 2.75) is 6.92 Å². The van der Waals surface area contributed by atoms with Crippen LogP contribution in [0.3, 0.4) is 0 Å². The molecule has 0 radical (unpaired) electrons. The van der Waals surface area contributed by atoms with Crippen molar-refractivity contribution in [3.05, 3.63) is 23.2 Å². The number of methoxy groups -OCH3 is 1. The Labute approximate surface area is 89.7 Å². The first kappa shape index (κ1) is 9.85. The lowest BCUT2D eigenvalue weighted by atomic mass is 10.5. The molecular weight excluding hydrogens is 216 g/mol. The predicted octanol–water partition coefficient (Wildman–Crippen LogP) is 1.89. The summed E-state index contributed by atoms with van der Waals surface area (Å²) in [6, 6.07) is 0. The number of oxazole rings is 1. The van der Waals surface area contributed by atoms with E-state index in [4.69, 9.17) is 4.42 Å². The fraction of sp³-hybridized carbons (Fsp3) is 0.222. The molecule has 0 saturated heterocycles. The van der Waals surface area contributed by atoms with E-state index in [-0.39, 0.29) is 5.69 Å². The van der Waals surface area contributed by atoms with Crippen LogP contribution in [0.2, 0.25) is 0 Å². The quantitative estimate of drug-likeness (QED) is 0.729. The third kappa shape index (κ3) is 1.89. The Kier molecular flexibility index (Phi) is 2.51. The van der Waals surface area contributed by atoms with Gasteiger partial charge in [0.2, 0.25) is 0 Å². The number of hydrogen-bond acceptors (Lipinski definition) is 6. The van der Waals surface area contributed by atoms with Crippen molar-refractivity contribution < 1.29 is 13.9 Å². The molecule has 0 N–H and O–H groups in total. The second-order valence-electron chi connectivity index (χ2n) is 2.78. The lowest BCUT2D eigenvalue weighted by Crippen LogP contribution is -2.00. The van der Waals surface area contributed by atoms with E-state index in [9.17, 15) is 4.79 Å². The first-order chi connectivity index (χ1) is 7.20. The molecule has 0 aliphatic carbocycles. The van der Waals surface area contributed by atoms with Crippen molar-refractivity contribution in [2.75, 3.05) is 7.11 Å². The van der Waals surface area contributed by atoms with Gasteiger partial charge in [0.25, 0.3) is 0 Å². The molecule has 5 nitrogen and oxygen atoms in total. The van der Waals surface area contributed by atoms with Crippen molar-refractivity contribution in [2.24, 2.45) is 0 Å². The van der Waals surface area contributed by atoms with E-state index in [0.717, 1.165) is 0 Å². The zero-order valence-electron chi connectivity index (χ0n) is 8.18. The molecule has 0 unspecified atom stereocenters. The Morgan fingerprint density at radius 1 is 1.53 bits per heavy atom. The highest BCUT2D eigenvalue weighted by atomic mass is 32.1. The van der Waals surface area contributed by atoms with Gasteiger partial charge in [-0.15, -0.1) is 11.3 Å². The summed E-state index contributed by atoms with van der Waals surface area (Å²) < 4.78 is 9.61. The fourth-order valence-corrected chi connectivity index (χ4v) is 1.79. The molecule has 0 aliphatic heterocycles. The summed E-state index contributed by atoms with van der Waals surface area (Å²) in [7, 11) is 1.32. The normalized spacial score (nSPS) is 10.3. The third-order valence-corrected chi connectivity index (χ3v) is 2.60. The lowest BCUT2D eigenvalue weighted by Gasteiger charge is -1.90. The Balaban J connectivity index is 2.31. The predicted molar refractivity (Wildman–Crippen MR) is 53.7 cm³/mol. The summed E-state index contributed by atoms with van der Waals surface area (Å²) in [4.78, 5) is 19.3. The molecule has 0 aromatic carbocycles. The van der Waals surface area contributed by atoms with Gasteiger partial charge in [-0.25, -0.2) is 14.8 Å². The molecule has 0 spiro atoms. The summed E-state index contributed by atoms with van der Waals surface area (Å²) in [5, 5.41) is 2.28. The van der Waals surface area contributed by atoms with Crippen LogP contribution in [0.5, 0.6) is 0 Å². The molecule has 2 rings (SSSR count). The van der Waals surface area contributed by atoms with Crippen molar-refractivity contribution in [3.8, 4) is 10.7 Å². The molecule has 2 aromatic rings. The number of nitrogens with zero attached hydrogens (tertiary/aromatic N) is 2. The van der Waals surface area contributed by atoms with Crippen LogP contribution in [-0.4, -0.2) is 23.0 Å². The van der Waals surface area contributed by atoms with E-state index in [1.54, 1.807) is 12.3 Å². The van der Waals surface area contributed by atoms with E-state index >= 15 is 0 Å². The zero-order chi connectivity index (χ0) is 10.8. The van der Waals surface area contributed by atoms with Gasteiger partial charge in [0.05, 0.1) is 7.11 Å². The Hall–Kier alpha value is -1.69. The summed E-state index contributed by atoms with van der Waals surface area (Å²) in [6.07, 6.45) is 1.51. The first-order valence-corrected chi connectivity index (χ1v) is 5.05. The fourth-order valence-electron chi connectivity index (χ4n) is 1.05. The van der Waals surface area contributed by atoms with E-state index < -0.39 is 5.97 Å². The number of aryl methyl sites for hydroxylation is 1. The Morgan fingerprint density at radius 3 is 2.93 bits per heavy atom. The van der Waals surface area contributed by atoms with Crippen LogP contribution in [0.1, 0.15) is 16.4 Å². The molecule has 15 heavy (non-hydrogen) atoms. The van der Waals surface area contributed by atoms with Crippen molar-refractivity contribution in [1.29, 1.82) is 0 Å². The summed E-state index contributed by atoms with van der Waals surface area (Å²) in [6.45, 7) is 1.75. The third-order valence-electron chi connectivity index (χ3n) is 1.74. The zero-order valence-corrected chi connectivity index (χ0v) is 9.00. The number of esters is 1. The molecule has 2 heterocycles. The molecule has 78 valence electrons. The molecule has 6 heteroatoms. The van der Waals surface area contributed by atoms with Gasteiger partial charge in [0.1, 0.15) is 17.0 Å². The summed E-state index contributed by atoms with van der Waals surface area (Å²) in [5.74, 6) is 0.123. The maximum Gasteiger partial charge on any atom is 0.357 e. The average molecular weight is 224 g/mol. The van der Waals surface area contributed by atoms with Gasteiger partial charge >= 0.3 is 5.97 Å². The van der Waals surface area contributed by atoms with Gasteiger partial charge in [-0.05, 0) is 0 Å². The minimum absolute atomic E-state index is 0.290. The number of ether oxygens (including phenoxy) is 1. The van der Waals surface area contributed by atoms with E-state index in [1.165, 1.54) is 24.7 Å². The topological polar surface area (TPSA) is 65.2 Å². The number of aromatic nitrogens is 2.